The van der Waals surface area contributed by atoms with Gasteiger partial charge in [0.2, 0.25) is 0 Å². The number of fused-ring (bicyclic) bond motifs is 1. The summed E-state index contributed by atoms with van der Waals surface area (Å²) in [6.07, 6.45) is 5.30. The van der Waals surface area contributed by atoms with E-state index in [9.17, 15) is 5.11 Å². The largest absolute Gasteiger partial charge is 0.392 e. The van der Waals surface area contributed by atoms with Crippen molar-refractivity contribution in [3.8, 4) is 0 Å². The summed E-state index contributed by atoms with van der Waals surface area (Å²) >= 11 is 0. The molecule has 3 atom stereocenters. The Bertz CT molecular complexity index is 590. The van der Waals surface area contributed by atoms with Crippen LogP contribution in [0.2, 0.25) is 0 Å². The molecular formula is C17H24N2O. The zero-order valence-electron chi connectivity index (χ0n) is 12.4. The van der Waals surface area contributed by atoms with Crippen molar-refractivity contribution in [3.05, 3.63) is 30.1 Å². The number of hydrogen-bond donors (Lipinski definition) is 1. The Kier molecular flexibility index (Phi) is 3.79. The number of aryl methyl sites for hydroxylation is 1. The highest BCUT2D eigenvalue weighted by atomic mass is 16.3. The van der Waals surface area contributed by atoms with Gasteiger partial charge in [-0.1, -0.05) is 31.9 Å². The molecule has 0 saturated heterocycles. The number of rotatable bonds is 4. The van der Waals surface area contributed by atoms with Crippen molar-refractivity contribution >= 4 is 11.0 Å². The molecule has 1 aliphatic rings. The summed E-state index contributed by atoms with van der Waals surface area (Å²) in [5, 5.41) is 10.5. The summed E-state index contributed by atoms with van der Waals surface area (Å²) in [5.74, 6) is 2.27. The van der Waals surface area contributed by atoms with Gasteiger partial charge in [0.15, 0.2) is 0 Å². The lowest BCUT2D eigenvalue weighted by molar-refractivity contribution is 0.106. The number of para-hydroxylation sites is 2. The van der Waals surface area contributed by atoms with Gasteiger partial charge in [-0.2, -0.15) is 0 Å². The summed E-state index contributed by atoms with van der Waals surface area (Å²) in [7, 11) is 2.04. The van der Waals surface area contributed by atoms with E-state index < -0.39 is 0 Å². The first kappa shape index (κ1) is 13.6. The summed E-state index contributed by atoms with van der Waals surface area (Å²) < 4.78 is 2.12. The molecule has 3 nitrogen and oxygen atoms in total. The molecule has 108 valence electrons. The van der Waals surface area contributed by atoms with E-state index >= 15 is 0 Å². The average Bonchev–Trinajstić information content (AvgIpc) is 3.05. The average molecular weight is 272 g/mol. The number of aliphatic hydroxyl groups is 1. The van der Waals surface area contributed by atoms with Crippen LogP contribution in [0.25, 0.3) is 11.0 Å². The highest BCUT2D eigenvalue weighted by Gasteiger charge is 2.29. The minimum atomic E-state index is -0.248. The van der Waals surface area contributed by atoms with Gasteiger partial charge in [0.1, 0.15) is 5.82 Å². The smallest absolute Gasteiger partial charge is 0.112 e. The third-order valence-corrected chi connectivity index (χ3v) is 4.97. The van der Waals surface area contributed by atoms with Crippen LogP contribution in [0.5, 0.6) is 0 Å². The quantitative estimate of drug-likeness (QED) is 0.927. The standard InChI is InChI=1S/C17H24N2O/c1-3-12-8-9-13(10-12)16(20)11-17-18-14-6-4-5-7-15(14)19(17)2/h4-7,12-13,16,20H,3,8-11H2,1-2H3. The fraction of sp³-hybridized carbons (Fsp3) is 0.588. The van der Waals surface area contributed by atoms with Crippen LogP contribution in [0.3, 0.4) is 0 Å². The van der Waals surface area contributed by atoms with Crippen molar-refractivity contribution in [2.75, 3.05) is 0 Å². The summed E-state index contributed by atoms with van der Waals surface area (Å²) in [4.78, 5) is 4.67. The molecule has 1 aromatic carbocycles. The Labute approximate surface area is 120 Å². The van der Waals surface area contributed by atoms with E-state index in [0.29, 0.717) is 12.3 Å². The Balaban J connectivity index is 1.74. The van der Waals surface area contributed by atoms with Crippen LogP contribution in [-0.4, -0.2) is 20.8 Å². The number of hydrogen-bond acceptors (Lipinski definition) is 2. The molecule has 20 heavy (non-hydrogen) atoms. The predicted octanol–water partition coefficient (Wildman–Crippen LogP) is 3.30. The molecule has 1 N–H and O–H groups in total. The molecule has 0 radical (unpaired) electrons. The number of imidazole rings is 1. The fourth-order valence-electron chi connectivity index (χ4n) is 3.57. The maximum Gasteiger partial charge on any atom is 0.112 e. The van der Waals surface area contributed by atoms with Gasteiger partial charge in [0, 0.05) is 13.5 Å². The van der Waals surface area contributed by atoms with E-state index in [1.807, 2.05) is 25.2 Å². The highest BCUT2D eigenvalue weighted by molar-refractivity contribution is 5.75. The van der Waals surface area contributed by atoms with E-state index in [1.54, 1.807) is 0 Å². The number of nitrogens with zero attached hydrogens (tertiary/aromatic N) is 2. The molecule has 0 spiro atoms. The molecule has 1 saturated carbocycles. The first-order valence-electron chi connectivity index (χ1n) is 7.77. The van der Waals surface area contributed by atoms with E-state index in [-0.39, 0.29) is 6.10 Å². The van der Waals surface area contributed by atoms with Crippen LogP contribution in [0, 0.1) is 11.8 Å². The lowest BCUT2D eigenvalue weighted by Crippen LogP contribution is -2.22. The van der Waals surface area contributed by atoms with Crippen molar-refractivity contribution < 1.29 is 5.11 Å². The molecule has 3 unspecified atom stereocenters. The van der Waals surface area contributed by atoms with E-state index in [2.05, 4.69) is 22.5 Å². The molecule has 0 amide bonds. The SMILES string of the molecule is CCC1CCC(C(O)Cc2nc3ccccc3n2C)C1. The lowest BCUT2D eigenvalue weighted by atomic mass is 9.96. The maximum atomic E-state index is 10.5. The molecule has 1 heterocycles. The van der Waals surface area contributed by atoms with Gasteiger partial charge >= 0.3 is 0 Å². The molecular weight excluding hydrogens is 248 g/mol. The van der Waals surface area contributed by atoms with Crippen LogP contribution < -0.4 is 0 Å². The van der Waals surface area contributed by atoms with Gasteiger partial charge in [0.05, 0.1) is 17.1 Å². The first-order valence-corrected chi connectivity index (χ1v) is 7.77. The predicted molar refractivity (Wildman–Crippen MR) is 81.5 cm³/mol. The van der Waals surface area contributed by atoms with Crippen LogP contribution in [-0.2, 0) is 13.5 Å². The van der Waals surface area contributed by atoms with Gasteiger partial charge in [0.25, 0.3) is 0 Å². The minimum Gasteiger partial charge on any atom is -0.392 e. The Hall–Kier alpha value is -1.35. The molecule has 1 fully saturated rings. The van der Waals surface area contributed by atoms with E-state index in [0.717, 1.165) is 22.8 Å². The van der Waals surface area contributed by atoms with Gasteiger partial charge in [-0.3, -0.25) is 0 Å². The molecule has 1 aromatic heterocycles. The molecule has 0 bridgehead atoms. The van der Waals surface area contributed by atoms with Crippen LogP contribution >= 0.6 is 0 Å². The second-order valence-corrected chi connectivity index (χ2v) is 6.19. The highest BCUT2D eigenvalue weighted by Crippen LogP contribution is 2.35. The zero-order valence-corrected chi connectivity index (χ0v) is 12.4. The molecule has 3 heteroatoms. The normalized spacial score (nSPS) is 24.4. The van der Waals surface area contributed by atoms with Crippen molar-refractivity contribution in [2.24, 2.45) is 18.9 Å². The number of aromatic nitrogens is 2. The Morgan fingerprint density at radius 1 is 1.35 bits per heavy atom. The van der Waals surface area contributed by atoms with Gasteiger partial charge in [-0.05, 0) is 36.8 Å². The van der Waals surface area contributed by atoms with Crippen LogP contribution in [0.4, 0.5) is 0 Å². The van der Waals surface area contributed by atoms with Gasteiger partial charge in [-0.15, -0.1) is 0 Å². The topological polar surface area (TPSA) is 38.1 Å². The molecule has 3 rings (SSSR count). The van der Waals surface area contributed by atoms with E-state index in [4.69, 9.17) is 0 Å². The second-order valence-electron chi connectivity index (χ2n) is 6.19. The van der Waals surface area contributed by atoms with Crippen LogP contribution in [0.1, 0.15) is 38.4 Å². The second kappa shape index (κ2) is 5.57. The van der Waals surface area contributed by atoms with Gasteiger partial charge < -0.3 is 9.67 Å². The van der Waals surface area contributed by atoms with Crippen molar-refractivity contribution in [3.63, 3.8) is 0 Å². The fourth-order valence-corrected chi connectivity index (χ4v) is 3.57. The van der Waals surface area contributed by atoms with Crippen molar-refractivity contribution in [2.45, 2.75) is 45.1 Å². The molecule has 0 aliphatic heterocycles. The first-order chi connectivity index (χ1) is 9.69. The maximum absolute atomic E-state index is 10.5. The Morgan fingerprint density at radius 2 is 2.15 bits per heavy atom. The number of benzene rings is 1. The molecule has 1 aliphatic carbocycles. The lowest BCUT2D eigenvalue weighted by Gasteiger charge is -2.18. The summed E-state index contributed by atoms with van der Waals surface area (Å²) in [5.41, 5.74) is 2.17. The van der Waals surface area contributed by atoms with E-state index in [1.165, 1.54) is 25.7 Å². The van der Waals surface area contributed by atoms with Crippen LogP contribution in [0.15, 0.2) is 24.3 Å². The monoisotopic (exact) mass is 272 g/mol. The summed E-state index contributed by atoms with van der Waals surface area (Å²) in [6, 6.07) is 8.17. The molecule has 2 aromatic rings. The summed E-state index contributed by atoms with van der Waals surface area (Å²) in [6.45, 7) is 2.25. The number of aliphatic hydroxyl groups excluding tert-OH is 1. The third kappa shape index (κ3) is 2.47. The minimum absolute atomic E-state index is 0.248. The third-order valence-electron chi connectivity index (χ3n) is 4.97. The van der Waals surface area contributed by atoms with Crippen molar-refractivity contribution in [1.29, 1.82) is 0 Å². The Morgan fingerprint density at radius 3 is 2.85 bits per heavy atom. The zero-order chi connectivity index (χ0) is 14.1. The van der Waals surface area contributed by atoms with Crippen molar-refractivity contribution in [1.82, 2.24) is 9.55 Å². The van der Waals surface area contributed by atoms with Gasteiger partial charge in [-0.25, -0.2) is 4.98 Å².